The molecule has 0 saturated carbocycles. The number of hydrogen-bond acceptors (Lipinski definition) is 2. The van der Waals surface area contributed by atoms with Crippen LogP contribution in [-0.4, -0.2) is 17.6 Å². The van der Waals surface area contributed by atoms with Crippen LogP contribution in [0.2, 0.25) is 5.02 Å². The van der Waals surface area contributed by atoms with Crippen molar-refractivity contribution in [2.75, 3.05) is 6.54 Å². The Balaban J connectivity index is 1.49. The van der Waals surface area contributed by atoms with Crippen molar-refractivity contribution in [3.05, 3.63) is 59.1 Å². The van der Waals surface area contributed by atoms with Gasteiger partial charge in [0, 0.05) is 28.7 Å². The molecule has 5 nitrogen and oxygen atoms in total. The predicted molar refractivity (Wildman–Crippen MR) is 86.0 cm³/mol. The smallest absolute Gasteiger partial charge is 0.315 e. The van der Waals surface area contributed by atoms with Gasteiger partial charge in [-0.2, -0.15) is 0 Å². The maximum Gasteiger partial charge on any atom is 0.315 e. The Kier molecular flexibility index (Phi) is 4.34. The molecule has 0 radical (unpaired) electrons. The van der Waals surface area contributed by atoms with E-state index in [9.17, 15) is 4.79 Å². The fourth-order valence-electron chi connectivity index (χ4n) is 2.31. The minimum Gasteiger partial charge on any atom is -0.467 e. The van der Waals surface area contributed by atoms with Crippen molar-refractivity contribution >= 4 is 28.5 Å². The lowest BCUT2D eigenvalue weighted by Gasteiger charge is -2.06. The number of H-pyrrole nitrogens is 1. The van der Waals surface area contributed by atoms with Crippen LogP contribution in [0, 0.1) is 0 Å². The van der Waals surface area contributed by atoms with Gasteiger partial charge in [-0.25, -0.2) is 4.79 Å². The van der Waals surface area contributed by atoms with E-state index in [0.29, 0.717) is 18.1 Å². The summed E-state index contributed by atoms with van der Waals surface area (Å²) in [5.74, 6) is 0.724. The van der Waals surface area contributed by atoms with Gasteiger partial charge in [0.25, 0.3) is 0 Å². The summed E-state index contributed by atoms with van der Waals surface area (Å²) in [6, 6.07) is 9.12. The molecule has 0 aliphatic carbocycles. The average Bonchev–Trinajstić information content (AvgIpc) is 3.15. The second-order valence-corrected chi connectivity index (χ2v) is 5.38. The molecule has 0 fully saturated rings. The van der Waals surface area contributed by atoms with Gasteiger partial charge in [0.1, 0.15) is 5.76 Å². The van der Waals surface area contributed by atoms with Gasteiger partial charge in [-0.1, -0.05) is 11.6 Å². The van der Waals surface area contributed by atoms with Gasteiger partial charge in [-0.3, -0.25) is 0 Å². The highest BCUT2D eigenvalue weighted by atomic mass is 35.5. The van der Waals surface area contributed by atoms with Crippen LogP contribution < -0.4 is 10.6 Å². The summed E-state index contributed by atoms with van der Waals surface area (Å²) in [5, 5.41) is 7.36. The molecule has 2 heterocycles. The first-order valence-corrected chi connectivity index (χ1v) is 7.40. The van der Waals surface area contributed by atoms with Crippen molar-refractivity contribution in [2.24, 2.45) is 0 Å². The summed E-state index contributed by atoms with van der Waals surface area (Å²) < 4.78 is 5.15. The molecule has 0 aliphatic rings. The number of benzene rings is 1. The second kappa shape index (κ2) is 6.58. The molecule has 0 unspecified atom stereocenters. The summed E-state index contributed by atoms with van der Waals surface area (Å²) in [5.41, 5.74) is 2.17. The van der Waals surface area contributed by atoms with Gasteiger partial charge < -0.3 is 20.0 Å². The molecular formula is C16H16ClN3O2. The number of carbonyl (C=O) groups excluding carboxylic acids is 1. The van der Waals surface area contributed by atoms with Crippen molar-refractivity contribution in [2.45, 2.75) is 13.0 Å². The fraction of sp³-hybridized carbons (Fsp3) is 0.188. The van der Waals surface area contributed by atoms with E-state index in [4.69, 9.17) is 16.0 Å². The number of rotatable bonds is 5. The molecule has 0 spiro atoms. The first kappa shape index (κ1) is 14.5. The highest BCUT2D eigenvalue weighted by molar-refractivity contribution is 6.31. The van der Waals surface area contributed by atoms with Crippen LogP contribution in [0.3, 0.4) is 0 Å². The first-order chi connectivity index (χ1) is 10.7. The minimum atomic E-state index is -0.214. The first-order valence-electron chi connectivity index (χ1n) is 7.02. The lowest BCUT2D eigenvalue weighted by Crippen LogP contribution is -2.36. The maximum absolute atomic E-state index is 11.7. The zero-order chi connectivity index (χ0) is 15.4. The quantitative estimate of drug-likeness (QED) is 0.674. The Bertz CT molecular complexity index is 765. The lowest BCUT2D eigenvalue weighted by atomic mass is 10.1. The summed E-state index contributed by atoms with van der Waals surface area (Å²) >= 11 is 6.02. The number of carbonyl (C=O) groups is 1. The zero-order valence-electron chi connectivity index (χ0n) is 11.9. The predicted octanol–water partition coefficient (Wildman–Crippen LogP) is 3.46. The molecule has 1 aromatic carbocycles. The van der Waals surface area contributed by atoms with Crippen molar-refractivity contribution in [1.29, 1.82) is 0 Å². The Morgan fingerprint density at radius 1 is 1.27 bits per heavy atom. The summed E-state index contributed by atoms with van der Waals surface area (Å²) in [6.07, 6.45) is 4.26. The van der Waals surface area contributed by atoms with Gasteiger partial charge in [-0.05, 0) is 42.3 Å². The van der Waals surface area contributed by atoms with Crippen LogP contribution in [0.25, 0.3) is 10.9 Å². The average molecular weight is 318 g/mol. The van der Waals surface area contributed by atoms with Crippen LogP contribution in [0.1, 0.15) is 11.3 Å². The van der Waals surface area contributed by atoms with E-state index in [-0.39, 0.29) is 6.03 Å². The standard InChI is InChI=1S/C16H16ClN3O2/c17-12-3-4-15-14(8-12)11(9-19-15)5-6-18-16(21)20-10-13-2-1-7-22-13/h1-4,7-9,19H,5-6,10H2,(H2,18,20,21). The van der Waals surface area contributed by atoms with Crippen LogP contribution >= 0.6 is 11.6 Å². The van der Waals surface area contributed by atoms with Gasteiger partial charge >= 0.3 is 6.03 Å². The molecule has 22 heavy (non-hydrogen) atoms. The summed E-state index contributed by atoms with van der Waals surface area (Å²) in [4.78, 5) is 14.9. The van der Waals surface area contributed by atoms with Crippen LogP contribution in [0.5, 0.6) is 0 Å². The van der Waals surface area contributed by atoms with E-state index >= 15 is 0 Å². The van der Waals surface area contributed by atoms with E-state index in [2.05, 4.69) is 15.6 Å². The van der Waals surface area contributed by atoms with Gasteiger partial charge in [0.15, 0.2) is 0 Å². The molecule has 3 rings (SSSR count). The number of aromatic nitrogens is 1. The van der Waals surface area contributed by atoms with E-state index < -0.39 is 0 Å². The topological polar surface area (TPSA) is 70.1 Å². The number of halogens is 1. The number of nitrogens with one attached hydrogen (secondary N) is 3. The second-order valence-electron chi connectivity index (χ2n) is 4.94. The van der Waals surface area contributed by atoms with Crippen molar-refractivity contribution in [1.82, 2.24) is 15.6 Å². The molecule has 3 N–H and O–H groups in total. The molecular weight excluding hydrogens is 302 g/mol. The fourth-order valence-corrected chi connectivity index (χ4v) is 2.48. The summed E-state index contributed by atoms with van der Waals surface area (Å²) in [7, 11) is 0. The number of furan rings is 1. The SMILES string of the molecule is O=C(NCCc1c[nH]c2ccc(Cl)cc12)NCc1ccco1. The van der Waals surface area contributed by atoms with E-state index in [1.807, 2.05) is 30.5 Å². The highest BCUT2D eigenvalue weighted by Gasteiger charge is 2.06. The van der Waals surface area contributed by atoms with Crippen LogP contribution in [0.4, 0.5) is 4.79 Å². The molecule has 3 aromatic rings. The van der Waals surface area contributed by atoms with Gasteiger partial charge in [0.2, 0.25) is 0 Å². The maximum atomic E-state index is 11.7. The Morgan fingerprint density at radius 3 is 3.00 bits per heavy atom. The zero-order valence-corrected chi connectivity index (χ0v) is 12.6. The molecule has 2 aromatic heterocycles. The van der Waals surface area contributed by atoms with Crippen LogP contribution in [-0.2, 0) is 13.0 Å². The normalized spacial score (nSPS) is 10.8. The van der Waals surface area contributed by atoms with E-state index in [1.54, 1.807) is 12.3 Å². The van der Waals surface area contributed by atoms with E-state index in [1.165, 1.54) is 0 Å². The molecule has 0 saturated heterocycles. The molecule has 0 bridgehead atoms. The third-order valence-corrected chi connectivity index (χ3v) is 3.65. The van der Waals surface area contributed by atoms with Crippen molar-refractivity contribution in [3.8, 4) is 0 Å². The summed E-state index contributed by atoms with van der Waals surface area (Å²) in [6.45, 7) is 0.922. The number of urea groups is 1. The number of amides is 2. The molecule has 0 aliphatic heterocycles. The van der Waals surface area contributed by atoms with Gasteiger partial charge in [0.05, 0.1) is 12.8 Å². The molecule has 114 valence electrons. The number of fused-ring (bicyclic) bond motifs is 1. The molecule has 2 amide bonds. The number of aromatic amines is 1. The Morgan fingerprint density at radius 2 is 2.18 bits per heavy atom. The minimum absolute atomic E-state index is 0.214. The Labute approximate surface area is 132 Å². The highest BCUT2D eigenvalue weighted by Crippen LogP contribution is 2.22. The third-order valence-electron chi connectivity index (χ3n) is 3.41. The van der Waals surface area contributed by atoms with E-state index in [0.717, 1.165) is 28.6 Å². The molecule has 6 heteroatoms. The Hall–Kier alpha value is -2.40. The monoisotopic (exact) mass is 317 g/mol. The molecule has 0 atom stereocenters. The van der Waals surface area contributed by atoms with Gasteiger partial charge in [-0.15, -0.1) is 0 Å². The van der Waals surface area contributed by atoms with Crippen LogP contribution in [0.15, 0.2) is 47.2 Å². The third kappa shape index (κ3) is 3.43. The van der Waals surface area contributed by atoms with Crippen molar-refractivity contribution < 1.29 is 9.21 Å². The lowest BCUT2D eigenvalue weighted by molar-refractivity contribution is 0.239. The largest absolute Gasteiger partial charge is 0.467 e. The van der Waals surface area contributed by atoms with Crippen molar-refractivity contribution in [3.63, 3.8) is 0 Å². The number of hydrogen-bond donors (Lipinski definition) is 3.